The van der Waals surface area contributed by atoms with Gasteiger partial charge in [0.25, 0.3) is 0 Å². The van der Waals surface area contributed by atoms with Gasteiger partial charge in [-0.3, -0.25) is 9.00 Å². The molecular weight excluding hydrogens is 354 g/mol. The molecule has 3 rings (SSSR count). The number of ether oxygens (including phenoxy) is 2. The highest BCUT2D eigenvalue weighted by Crippen LogP contribution is 2.26. The second kappa shape index (κ2) is 7.57. The van der Waals surface area contributed by atoms with Gasteiger partial charge >= 0.3 is 0 Å². The van der Waals surface area contributed by atoms with Crippen molar-refractivity contribution in [2.45, 2.75) is 11.4 Å². The fourth-order valence-corrected chi connectivity index (χ4v) is 3.44. The van der Waals surface area contributed by atoms with Crippen molar-refractivity contribution in [3.05, 3.63) is 42.7 Å². The molecule has 1 atom stereocenters. The van der Waals surface area contributed by atoms with E-state index in [1.165, 1.54) is 0 Å². The average molecular weight is 373 g/mol. The molecule has 1 heterocycles. The summed E-state index contributed by atoms with van der Waals surface area (Å²) in [6.07, 6.45) is 3.18. The lowest BCUT2D eigenvalue weighted by atomic mass is 10.2. The highest BCUT2D eigenvalue weighted by Gasteiger charge is 2.13. The van der Waals surface area contributed by atoms with E-state index in [0.29, 0.717) is 33.1 Å². The van der Waals surface area contributed by atoms with Crippen LogP contribution in [-0.2, 0) is 22.1 Å². The van der Waals surface area contributed by atoms with Crippen molar-refractivity contribution < 1.29 is 18.5 Å². The molecule has 0 aliphatic rings. The monoisotopic (exact) mass is 373 g/mol. The van der Waals surface area contributed by atoms with E-state index in [9.17, 15) is 9.00 Å². The summed E-state index contributed by atoms with van der Waals surface area (Å²) in [5.74, 6) is 0.920. The summed E-state index contributed by atoms with van der Waals surface area (Å²) in [7, 11) is 1.91. The summed E-state index contributed by atoms with van der Waals surface area (Å²) >= 11 is 0. The molecule has 136 valence electrons. The molecule has 0 saturated heterocycles. The van der Waals surface area contributed by atoms with Crippen LogP contribution in [0.3, 0.4) is 0 Å². The lowest BCUT2D eigenvalue weighted by Gasteiger charge is -2.11. The Kier molecular flexibility index (Phi) is 5.22. The molecular formula is C18H19N3O4S. The molecule has 8 heteroatoms. The molecule has 0 radical (unpaired) electrons. The number of amides is 1. The highest BCUT2D eigenvalue weighted by atomic mass is 32.2. The fraction of sp³-hybridized carbons (Fsp3) is 0.222. The molecule has 0 spiro atoms. The van der Waals surface area contributed by atoms with Crippen LogP contribution in [0.2, 0.25) is 0 Å². The maximum atomic E-state index is 12.5. The Labute approximate surface area is 153 Å². The molecule has 7 nitrogen and oxygen atoms in total. The van der Waals surface area contributed by atoms with E-state index in [4.69, 9.17) is 9.47 Å². The second-order valence-electron chi connectivity index (χ2n) is 5.60. The molecule has 0 bridgehead atoms. The Hall–Kier alpha value is -2.87. The number of rotatable bonds is 6. The predicted octanol–water partition coefficient (Wildman–Crippen LogP) is 2.43. The molecule has 1 aromatic heterocycles. The first-order chi connectivity index (χ1) is 12.5. The van der Waals surface area contributed by atoms with Crippen LogP contribution in [0.4, 0.5) is 5.69 Å². The zero-order valence-corrected chi connectivity index (χ0v) is 15.5. The van der Waals surface area contributed by atoms with Gasteiger partial charge in [0.1, 0.15) is 18.0 Å². The van der Waals surface area contributed by atoms with Crippen LogP contribution in [-0.4, -0.2) is 40.1 Å². The van der Waals surface area contributed by atoms with Crippen molar-refractivity contribution in [1.82, 2.24) is 9.55 Å². The molecule has 1 unspecified atom stereocenters. The zero-order valence-electron chi connectivity index (χ0n) is 14.7. The molecule has 26 heavy (non-hydrogen) atoms. The largest absolute Gasteiger partial charge is 0.497 e. The number of carbonyl (C=O) groups excluding carboxylic acids is 1. The number of methoxy groups -OCH3 is 2. The van der Waals surface area contributed by atoms with Crippen LogP contribution < -0.4 is 14.8 Å². The number of carbonyl (C=O) groups is 1. The third-order valence-electron chi connectivity index (χ3n) is 3.86. The average Bonchev–Trinajstić information content (AvgIpc) is 3.03. The number of imidazole rings is 1. The minimum absolute atomic E-state index is 0.0459. The minimum Gasteiger partial charge on any atom is -0.497 e. The van der Waals surface area contributed by atoms with Crippen molar-refractivity contribution >= 4 is 33.4 Å². The topological polar surface area (TPSA) is 82.5 Å². The van der Waals surface area contributed by atoms with E-state index >= 15 is 0 Å². The molecule has 0 aliphatic heterocycles. The van der Waals surface area contributed by atoms with E-state index in [0.717, 1.165) is 0 Å². The van der Waals surface area contributed by atoms with Gasteiger partial charge in [-0.05, 0) is 12.1 Å². The number of benzene rings is 2. The van der Waals surface area contributed by atoms with Crippen molar-refractivity contribution in [2.24, 2.45) is 0 Å². The number of hydrogen-bond donors (Lipinski definition) is 1. The van der Waals surface area contributed by atoms with Crippen LogP contribution in [0.1, 0.15) is 0 Å². The first-order valence-electron chi connectivity index (χ1n) is 7.82. The van der Waals surface area contributed by atoms with Gasteiger partial charge in [-0.25, -0.2) is 4.98 Å². The van der Waals surface area contributed by atoms with E-state index in [1.807, 2.05) is 6.07 Å². The van der Waals surface area contributed by atoms with Crippen LogP contribution in [0, 0.1) is 0 Å². The van der Waals surface area contributed by atoms with Gasteiger partial charge in [0.2, 0.25) is 5.91 Å². The molecule has 1 N–H and O–H groups in total. The van der Waals surface area contributed by atoms with Gasteiger partial charge in [-0.2, -0.15) is 0 Å². The second-order valence-corrected chi connectivity index (χ2v) is 6.95. The van der Waals surface area contributed by atoms with Crippen LogP contribution in [0.15, 0.2) is 47.6 Å². The normalized spacial score (nSPS) is 12.0. The Morgan fingerprint density at radius 1 is 1.19 bits per heavy atom. The van der Waals surface area contributed by atoms with E-state index in [1.54, 1.807) is 61.7 Å². The maximum absolute atomic E-state index is 12.5. The molecule has 0 fully saturated rings. The fourth-order valence-electron chi connectivity index (χ4n) is 2.68. The highest BCUT2D eigenvalue weighted by molar-refractivity contribution is 7.84. The standard InChI is InChI=1S/C18H19N3O4S/c1-24-13-7-12(8-14(9-13)25-2)20-17(22)10-21-11-19-15-5-4-6-16(18(15)21)26(3)23/h4-9,11H,10H2,1-3H3,(H,20,22). The van der Waals surface area contributed by atoms with Gasteiger partial charge in [0.15, 0.2) is 0 Å². The Balaban J connectivity index is 1.85. The SMILES string of the molecule is COc1cc(NC(=O)Cn2cnc3cccc(S(C)=O)c32)cc(OC)c1. The third-order valence-corrected chi connectivity index (χ3v) is 4.81. The Morgan fingerprint density at radius 3 is 2.50 bits per heavy atom. The van der Waals surface area contributed by atoms with E-state index < -0.39 is 10.8 Å². The number of hydrogen-bond acceptors (Lipinski definition) is 5. The Morgan fingerprint density at radius 2 is 1.88 bits per heavy atom. The molecule has 1 amide bonds. The summed E-state index contributed by atoms with van der Waals surface area (Å²) in [6, 6.07) is 10.5. The molecule has 2 aromatic carbocycles. The van der Waals surface area contributed by atoms with E-state index in [-0.39, 0.29) is 12.5 Å². The lowest BCUT2D eigenvalue weighted by molar-refractivity contribution is -0.116. The van der Waals surface area contributed by atoms with Crippen LogP contribution >= 0.6 is 0 Å². The first kappa shape index (κ1) is 17.9. The van der Waals surface area contributed by atoms with Crippen LogP contribution in [0.5, 0.6) is 11.5 Å². The van der Waals surface area contributed by atoms with E-state index in [2.05, 4.69) is 10.3 Å². The summed E-state index contributed by atoms with van der Waals surface area (Å²) < 4.78 is 24.1. The smallest absolute Gasteiger partial charge is 0.244 e. The van der Waals surface area contributed by atoms with Crippen molar-refractivity contribution in [3.63, 3.8) is 0 Å². The summed E-state index contributed by atoms with van der Waals surface area (Å²) in [5, 5.41) is 2.82. The van der Waals surface area contributed by atoms with Crippen molar-refractivity contribution in [3.8, 4) is 11.5 Å². The van der Waals surface area contributed by atoms with Crippen molar-refractivity contribution in [1.29, 1.82) is 0 Å². The number of nitrogens with one attached hydrogen (secondary N) is 1. The molecule has 0 aliphatic carbocycles. The number of fused-ring (bicyclic) bond motifs is 1. The predicted molar refractivity (Wildman–Crippen MR) is 100 cm³/mol. The maximum Gasteiger partial charge on any atom is 0.244 e. The zero-order chi connectivity index (χ0) is 18.7. The quantitative estimate of drug-likeness (QED) is 0.718. The summed E-state index contributed by atoms with van der Waals surface area (Å²) in [4.78, 5) is 17.4. The number of anilines is 1. The van der Waals surface area contributed by atoms with Gasteiger partial charge in [-0.15, -0.1) is 0 Å². The van der Waals surface area contributed by atoms with Gasteiger partial charge in [0.05, 0.1) is 47.3 Å². The Bertz CT molecular complexity index is 961. The number of aromatic nitrogens is 2. The minimum atomic E-state index is -1.18. The van der Waals surface area contributed by atoms with Crippen molar-refractivity contribution in [2.75, 3.05) is 25.8 Å². The first-order valence-corrected chi connectivity index (χ1v) is 9.38. The lowest BCUT2D eigenvalue weighted by Crippen LogP contribution is -2.18. The molecule has 3 aromatic rings. The van der Waals surface area contributed by atoms with Crippen LogP contribution in [0.25, 0.3) is 11.0 Å². The molecule has 0 saturated carbocycles. The van der Waals surface area contributed by atoms with Gasteiger partial charge in [0, 0.05) is 30.1 Å². The number of para-hydroxylation sites is 1. The third kappa shape index (κ3) is 3.70. The summed E-state index contributed by atoms with van der Waals surface area (Å²) in [6.45, 7) is 0.0459. The summed E-state index contributed by atoms with van der Waals surface area (Å²) in [5.41, 5.74) is 1.97. The van der Waals surface area contributed by atoms with Gasteiger partial charge < -0.3 is 19.4 Å². The van der Waals surface area contributed by atoms with Gasteiger partial charge in [-0.1, -0.05) is 6.07 Å². The number of nitrogens with zero attached hydrogens (tertiary/aromatic N) is 2.